The first-order valence-corrected chi connectivity index (χ1v) is 5.65. The van der Waals surface area contributed by atoms with Crippen molar-refractivity contribution < 1.29 is 9.66 Å². The molecule has 0 amide bonds. The second-order valence-corrected chi connectivity index (χ2v) is 4.05. The first kappa shape index (κ1) is 12.8. The SMILES string of the molecule is Cc1cccc([N+](=O)[O-])c1OCc1cc(N)ccn1. The lowest BCUT2D eigenvalue weighted by molar-refractivity contribution is -0.386. The van der Waals surface area contributed by atoms with Crippen molar-refractivity contribution in [1.29, 1.82) is 0 Å². The van der Waals surface area contributed by atoms with Crippen LogP contribution in [0.25, 0.3) is 0 Å². The molecule has 2 N–H and O–H groups in total. The van der Waals surface area contributed by atoms with E-state index in [1.807, 2.05) is 0 Å². The van der Waals surface area contributed by atoms with Crippen LogP contribution in [0.3, 0.4) is 0 Å². The molecular weight excluding hydrogens is 246 g/mol. The van der Waals surface area contributed by atoms with Crippen molar-refractivity contribution in [3.63, 3.8) is 0 Å². The van der Waals surface area contributed by atoms with Gasteiger partial charge in [0.05, 0.1) is 10.6 Å². The number of aryl methyl sites for hydroxylation is 1. The van der Waals surface area contributed by atoms with Gasteiger partial charge in [-0.1, -0.05) is 12.1 Å². The smallest absolute Gasteiger partial charge is 0.311 e. The maximum absolute atomic E-state index is 10.9. The number of para-hydroxylation sites is 1. The number of nitro benzene ring substituents is 1. The molecule has 0 spiro atoms. The van der Waals surface area contributed by atoms with Crippen molar-refractivity contribution in [2.75, 3.05) is 5.73 Å². The fraction of sp³-hybridized carbons (Fsp3) is 0.154. The molecule has 1 aromatic heterocycles. The molecule has 0 saturated heterocycles. The van der Waals surface area contributed by atoms with Gasteiger partial charge in [-0.05, 0) is 24.6 Å². The predicted molar refractivity (Wildman–Crippen MR) is 70.8 cm³/mol. The summed E-state index contributed by atoms with van der Waals surface area (Å²) in [4.78, 5) is 14.6. The zero-order valence-corrected chi connectivity index (χ0v) is 10.4. The molecule has 0 saturated carbocycles. The molecule has 6 nitrogen and oxygen atoms in total. The lowest BCUT2D eigenvalue weighted by Gasteiger charge is -2.09. The molecule has 6 heteroatoms. The molecule has 0 unspecified atom stereocenters. The van der Waals surface area contributed by atoms with Crippen LogP contribution in [-0.4, -0.2) is 9.91 Å². The minimum atomic E-state index is -0.463. The number of hydrogen-bond donors (Lipinski definition) is 1. The van der Waals surface area contributed by atoms with Crippen molar-refractivity contribution >= 4 is 11.4 Å². The Bertz CT molecular complexity index is 614. The topological polar surface area (TPSA) is 91.3 Å². The lowest BCUT2D eigenvalue weighted by atomic mass is 10.2. The summed E-state index contributed by atoms with van der Waals surface area (Å²) in [6.07, 6.45) is 1.57. The number of benzene rings is 1. The van der Waals surface area contributed by atoms with E-state index in [0.29, 0.717) is 16.9 Å². The number of hydrogen-bond acceptors (Lipinski definition) is 5. The zero-order chi connectivity index (χ0) is 13.8. The van der Waals surface area contributed by atoms with Crippen molar-refractivity contribution in [2.45, 2.75) is 13.5 Å². The van der Waals surface area contributed by atoms with Gasteiger partial charge in [-0.25, -0.2) is 0 Å². The summed E-state index contributed by atoms with van der Waals surface area (Å²) in [6, 6.07) is 8.13. The summed E-state index contributed by atoms with van der Waals surface area (Å²) in [5.74, 6) is 0.261. The van der Waals surface area contributed by atoms with E-state index in [1.54, 1.807) is 37.4 Å². The Morgan fingerprint density at radius 1 is 1.42 bits per heavy atom. The highest BCUT2D eigenvalue weighted by Crippen LogP contribution is 2.30. The first-order chi connectivity index (χ1) is 9.08. The summed E-state index contributed by atoms with van der Waals surface area (Å²) >= 11 is 0. The van der Waals surface area contributed by atoms with Crippen molar-refractivity contribution in [3.8, 4) is 5.75 Å². The molecule has 0 fully saturated rings. The van der Waals surface area contributed by atoms with Gasteiger partial charge >= 0.3 is 5.69 Å². The number of pyridine rings is 1. The van der Waals surface area contributed by atoms with E-state index in [-0.39, 0.29) is 18.0 Å². The normalized spacial score (nSPS) is 10.2. The van der Waals surface area contributed by atoms with Gasteiger partial charge in [0.1, 0.15) is 6.61 Å². The van der Waals surface area contributed by atoms with E-state index >= 15 is 0 Å². The van der Waals surface area contributed by atoms with Gasteiger partial charge in [0.25, 0.3) is 0 Å². The number of nitrogens with zero attached hydrogens (tertiary/aromatic N) is 2. The number of nitro groups is 1. The fourth-order valence-electron chi connectivity index (χ4n) is 1.69. The Hall–Kier alpha value is -2.63. The standard InChI is InChI=1S/C13H13N3O3/c1-9-3-2-4-12(16(17)18)13(9)19-8-11-7-10(14)5-6-15-11/h2-7H,8H2,1H3,(H2,14,15). The minimum absolute atomic E-state index is 0.0519. The van der Waals surface area contributed by atoms with Crippen LogP contribution in [0.1, 0.15) is 11.3 Å². The maximum Gasteiger partial charge on any atom is 0.311 e. The van der Waals surface area contributed by atoms with Crippen LogP contribution < -0.4 is 10.5 Å². The van der Waals surface area contributed by atoms with E-state index in [9.17, 15) is 10.1 Å². The number of anilines is 1. The second-order valence-electron chi connectivity index (χ2n) is 4.05. The highest BCUT2D eigenvalue weighted by atomic mass is 16.6. The molecule has 1 aromatic carbocycles. The molecule has 98 valence electrons. The molecule has 1 heterocycles. The van der Waals surface area contributed by atoms with Crippen LogP contribution in [0.5, 0.6) is 5.75 Å². The summed E-state index contributed by atoms with van der Waals surface area (Å²) in [7, 11) is 0. The van der Waals surface area contributed by atoms with Gasteiger partial charge in [-0.15, -0.1) is 0 Å². The molecule has 2 aromatic rings. The molecule has 19 heavy (non-hydrogen) atoms. The van der Waals surface area contributed by atoms with Crippen molar-refractivity contribution in [2.24, 2.45) is 0 Å². The van der Waals surface area contributed by atoms with Crippen LogP contribution in [0.15, 0.2) is 36.5 Å². The Labute approximate surface area is 110 Å². The van der Waals surface area contributed by atoms with Crippen LogP contribution in [0.2, 0.25) is 0 Å². The van der Waals surface area contributed by atoms with E-state index in [4.69, 9.17) is 10.5 Å². The Balaban J connectivity index is 2.22. The zero-order valence-electron chi connectivity index (χ0n) is 10.4. The third-order valence-electron chi connectivity index (χ3n) is 2.59. The Morgan fingerprint density at radius 2 is 2.21 bits per heavy atom. The molecule has 0 aliphatic heterocycles. The van der Waals surface area contributed by atoms with Gasteiger partial charge in [0.15, 0.2) is 5.75 Å². The lowest BCUT2D eigenvalue weighted by Crippen LogP contribution is -2.02. The number of aromatic nitrogens is 1. The fourth-order valence-corrected chi connectivity index (χ4v) is 1.69. The van der Waals surface area contributed by atoms with Gasteiger partial charge in [-0.3, -0.25) is 15.1 Å². The summed E-state index contributed by atoms with van der Waals surface area (Å²) in [6.45, 7) is 1.89. The molecule has 0 radical (unpaired) electrons. The average molecular weight is 259 g/mol. The van der Waals surface area contributed by atoms with Gasteiger partial charge in [0, 0.05) is 18.0 Å². The van der Waals surface area contributed by atoms with Crippen molar-refractivity contribution in [1.82, 2.24) is 4.98 Å². The van der Waals surface area contributed by atoms with Crippen LogP contribution in [0.4, 0.5) is 11.4 Å². The van der Waals surface area contributed by atoms with E-state index in [1.165, 1.54) is 6.07 Å². The number of rotatable bonds is 4. The quantitative estimate of drug-likeness (QED) is 0.672. The highest BCUT2D eigenvalue weighted by molar-refractivity contribution is 5.51. The molecule has 0 bridgehead atoms. The maximum atomic E-state index is 10.9. The molecule has 0 aliphatic carbocycles. The third kappa shape index (κ3) is 2.98. The minimum Gasteiger partial charge on any atom is -0.480 e. The monoisotopic (exact) mass is 259 g/mol. The molecular formula is C13H13N3O3. The number of nitrogens with two attached hydrogens (primary N) is 1. The molecule has 0 aliphatic rings. The van der Waals surface area contributed by atoms with Crippen LogP contribution in [0, 0.1) is 17.0 Å². The summed E-state index contributed by atoms with van der Waals surface area (Å²) in [5, 5.41) is 10.9. The largest absolute Gasteiger partial charge is 0.480 e. The highest BCUT2D eigenvalue weighted by Gasteiger charge is 2.17. The average Bonchev–Trinajstić information content (AvgIpc) is 2.37. The summed E-state index contributed by atoms with van der Waals surface area (Å²) in [5.41, 5.74) is 7.49. The predicted octanol–water partition coefficient (Wildman–Crippen LogP) is 2.46. The molecule has 2 rings (SSSR count). The number of ether oxygens (including phenoxy) is 1. The summed E-state index contributed by atoms with van der Waals surface area (Å²) < 4.78 is 5.51. The van der Waals surface area contributed by atoms with E-state index < -0.39 is 4.92 Å². The van der Waals surface area contributed by atoms with Gasteiger partial charge in [-0.2, -0.15) is 0 Å². The van der Waals surface area contributed by atoms with Crippen molar-refractivity contribution in [3.05, 3.63) is 57.9 Å². The Kier molecular flexibility index (Phi) is 3.61. The second kappa shape index (κ2) is 5.34. The van der Waals surface area contributed by atoms with E-state index in [0.717, 1.165) is 0 Å². The first-order valence-electron chi connectivity index (χ1n) is 5.65. The van der Waals surface area contributed by atoms with Gasteiger partial charge in [0.2, 0.25) is 0 Å². The van der Waals surface area contributed by atoms with Crippen LogP contribution in [-0.2, 0) is 6.61 Å². The van der Waals surface area contributed by atoms with Gasteiger partial charge < -0.3 is 10.5 Å². The molecule has 0 atom stereocenters. The number of nitrogen functional groups attached to an aromatic ring is 1. The third-order valence-corrected chi connectivity index (χ3v) is 2.59. The Morgan fingerprint density at radius 3 is 2.89 bits per heavy atom. The van der Waals surface area contributed by atoms with E-state index in [2.05, 4.69) is 4.98 Å². The van der Waals surface area contributed by atoms with Crippen LogP contribution >= 0.6 is 0 Å².